The monoisotopic (exact) mass is 383 g/mol. The molecule has 0 spiro atoms. The van der Waals surface area contributed by atoms with Crippen molar-refractivity contribution in [3.05, 3.63) is 90.1 Å². The predicted octanol–water partition coefficient (Wildman–Crippen LogP) is 4.80. The minimum absolute atomic E-state index is 0.167. The smallest absolute Gasteiger partial charge is 0.252 e. The summed E-state index contributed by atoms with van der Waals surface area (Å²) in [4.78, 5) is 22.3. The van der Waals surface area contributed by atoms with Gasteiger partial charge in [0.1, 0.15) is 5.75 Å². The summed E-state index contributed by atoms with van der Waals surface area (Å²) in [7, 11) is 1.63. The van der Waals surface area contributed by atoms with Crippen molar-refractivity contribution in [3.63, 3.8) is 0 Å². The average Bonchev–Trinajstić information content (AvgIpc) is 2.78. The molecule has 5 nitrogen and oxygen atoms in total. The van der Waals surface area contributed by atoms with Gasteiger partial charge in [0, 0.05) is 17.1 Å². The normalized spacial score (nSPS) is 11.8. The van der Waals surface area contributed by atoms with Crippen LogP contribution in [0.5, 0.6) is 5.75 Å². The highest BCUT2D eigenvalue weighted by atomic mass is 16.5. The number of nitrogens with zero attached hydrogens (tertiary/aromatic N) is 2. The molecule has 2 heterocycles. The summed E-state index contributed by atoms with van der Waals surface area (Å²) in [6, 6.07) is 22.5. The molecule has 144 valence electrons. The molecule has 0 aliphatic carbocycles. The van der Waals surface area contributed by atoms with E-state index in [1.807, 2.05) is 73.7 Å². The first-order chi connectivity index (χ1) is 14.2. The van der Waals surface area contributed by atoms with E-state index in [4.69, 9.17) is 9.72 Å². The molecule has 1 amide bonds. The van der Waals surface area contributed by atoms with Crippen LogP contribution in [0.4, 0.5) is 0 Å². The quantitative estimate of drug-likeness (QED) is 0.538. The highest BCUT2D eigenvalue weighted by Gasteiger charge is 2.18. The van der Waals surface area contributed by atoms with E-state index in [0.29, 0.717) is 11.3 Å². The number of aromatic nitrogens is 2. The average molecular weight is 383 g/mol. The number of carbonyl (C=O) groups excluding carboxylic acids is 1. The molecule has 1 unspecified atom stereocenters. The molecule has 0 saturated heterocycles. The SMILES string of the molecule is COc1ccccc1C(C)NC(=O)c1cc(-c2ccccn2)nc2ccccc12. The Labute approximate surface area is 169 Å². The van der Waals surface area contributed by atoms with Gasteiger partial charge in [0.25, 0.3) is 5.91 Å². The molecule has 0 aliphatic rings. The molecule has 0 fully saturated rings. The molecule has 4 rings (SSSR count). The van der Waals surface area contributed by atoms with E-state index in [2.05, 4.69) is 10.3 Å². The van der Waals surface area contributed by atoms with E-state index in [9.17, 15) is 4.79 Å². The minimum atomic E-state index is -0.219. The van der Waals surface area contributed by atoms with E-state index in [-0.39, 0.29) is 11.9 Å². The van der Waals surface area contributed by atoms with E-state index >= 15 is 0 Å². The number of rotatable bonds is 5. The predicted molar refractivity (Wildman–Crippen MR) is 114 cm³/mol. The topological polar surface area (TPSA) is 64.1 Å². The first-order valence-corrected chi connectivity index (χ1v) is 9.42. The number of carbonyl (C=O) groups is 1. The summed E-state index contributed by atoms with van der Waals surface area (Å²) >= 11 is 0. The van der Waals surface area contributed by atoms with Crippen molar-refractivity contribution in [1.82, 2.24) is 15.3 Å². The molecular formula is C24H21N3O2. The van der Waals surface area contributed by atoms with Gasteiger partial charge in [-0.15, -0.1) is 0 Å². The number of methoxy groups -OCH3 is 1. The number of para-hydroxylation sites is 2. The van der Waals surface area contributed by atoms with Gasteiger partial charge in [-0.1, -0.05) is 42.5 Å². The van der Waals surface area contributed by atoms with Crippen LogP contribution in [0.3, 0.4) is 0 Å². The van der Waals surface area contributed by atoms with Gasteiger partial charge in [0.2, 0.25) is 0 Å². The number of hydrogen-bond acceptors (Lipinski definition) is 4. The summed E-state index contributed by atoms with van der Waals surface area (Å²) in [6.07, 6.45) is 1.72. The highest BCUT2D eigenvalue weighted by Crippen LogP contribution is 2.27. The highest BCUT2D eigenvalue weighted by molar-refractivity contribution is 6.07. The van der Waals surface area contributed by atoms with Crippen molar-refractivity contribution in [2.45, 2.75) is 13.0 Å². The number of fused-ring (bicyclic) bond motifs is 1. The Morgan fingerprint density at radius 2 is 1.72 bits per heavy atom. The van der Waals surface area contributed by atoms with Gasteiger partial charge in [0.15, 0.2) is 0 Å². The van der Waals surface area contributed by atoms with Crippen molar-refractivity contribution in [2.24, 2.45) is 0 Å². The zero-order valence-electron chi connectivity index (χ0n) is 16.3. The molecule has 0 radical (unpaired) electrons. The van der Waals surface area contributed by atoms with Crippen LogP contribution < -0.4 is 10.1 Å². The second-order valence-electron chi connectivity index (χ2n) is 6.72. The van der Waals surface area contributed by atoms with Crippen LogP contribution in [0.25, 0.3) is 22.3 Å². The fourth-order valence-corrected chi connectivity index (χ4v) is 3.39. The molecular weight excluding hydrogens is 362 g/mol. The van der Waals surface area contributed by atoms with Crippen LogP contribution in [0, 0.1) is 0 Å². The lowest BCUT2D eigenvalue weighted by atomic mass is 10.0. The Balaban J connectivity index is 1.73. The molecule has 5 heteroatoms. The first-order valence-electron chi connectivity index (χ1n) is 9.42. The van der Waals surface area contributed by atoms with Crippen molar-refractivity contribution in [1.29, 1.82) is 0 Å². The summed E-state index contributed by atoms with van der Waals surface area (Å²) in [5.41, 5.74) is 3.64. The summed E-state index contributed by atoms with van der Waals surface area (Å²) in [6.45, 7) is 1.94. The Morgan fingerprint density at radius 1 is 0.966 bits per heavy atom. The largest absolute Gasteiger partial charge is 0.496 e. The van der Waals surface area contributed by atoms with Crippen LogP contribution in [0.15, 0.2) is 79.0 Å². The van der Waals surface area contributed by atoms with E-state index in [1.165, 1.54) is 0 Å². The summed E-state index contributed by atoms with van der Waals surface area (Å²) in [5.74, 6) is 0.577. The fraction of sp³-hybridized carbons (Fsp3) is 0.125. The number of pyridine rings is 2. The van der Waals surface area contributed by atoms with Gasteiger partial charge in [-0.25, -0.2) is 4.98 Å². The summed E-state index contributed by atoms with van der Waals surface area (Å²) in [5, 5.41) is 3.89. The molecule has 0 saturated carbocycles. The molecule has 2 aromatic heterocycles. The maximum Gasteiger partial charge on any atom is 0.252 e. The van der Waals surface area contributed by atoms with Crippen LogP contribution in [-0.4, -0.2) is 23.0 Å². The van der Waals surface area contributed by atoms with E-state index in [0.717, 1.165) is 27.9 Å². The number of ether oxygens (including phenoxy) is 1. The third kappa shape index (κ3) is 3.80. The van der Waals surface area contributed by atoms with Crippen molar-refractivity contribution in [3.8, 4) is 17.1 Å². The number of nitrogens with one attached hydrogen (secondary N) is 1. The van der Waals surface area contributed by atoms with Gasteiger partial charge in [-0.05, 0) is 37.3 Å². The lowest BCUT2D eigenvalue weighted by molar-refractivity contribution is 0.0941. The maximum absolute atomic E-state index is 13.2. The Bertz CT molecular complexity index is 1160. The molecule has 2 aromatic carbocycles. The zero-order valence-corrected chi connectivity index (χ0v) is 16.3. The molecule has 4 aromatic rings. The first kappa shape index (κ1) is 18.6. The minimum Gasteiger partial charge on any atom is -0.496 e. The third-order valence-electron chi connectivity index (χ3n) is 4.84. The molecule has 0 bridgehead atoms. The van der Waals surface area contributed by atoms with Gasteiger partial charge >= 0.3 is 0 Å². The molecule has 1 N–H and O–H groups in total. The van der Waals surface area contributed by atoms with Crippen molar-refractivity contribution >= 4 is 16.8 Å². The number of benzene rings is 2. The second kappa shape index (κ2) is 8.10. The van der Waals surface area contributed by atoms with E-state index in [1.54, 1.807) is 19.4 Å². The van der Waals surface area contributed by atoms with Gasteiger partial charge in [0.05, 0.1) is 35.6 Å². The zero-order chi connectivity index (χ0) is 20.2. The number of amides is 1. The van der Waals surface area contributed by atoms with Crippen LogP contribution in [0.2, 0.25) is 0 Å². The van der Waals surface area contributed by atoms with Crippen molar-refractivity contribution < 1.29 is 9.53 Å². The van der Waals surface area contributed by atoms with Crippen molar-refractivity contribution in [2.75, 3.05) is 7.11 Å². The summed E-state index contributed by atoms with van der Waals surface area (Å²) < 4.78 is 5.43. The van der Waals surface area contributed by atoms with Crippen LogP contribution in [0.1, 0.15) is 28.9 Å². The fourth-order valence-electron chi connectivity index (χ4n) is 3.39. The second-order valence-corrected chi connectivity index (χ2v) is 6.72. The molecule has 0 aliphatic heterocycles. The Hall–Kier alpha value is -3.73. The molecule has 1 atom stereocenters. The lowest BCUT2D eigenvalue weighted by Crippen LogP contribution is -2.27. The van der Waals surface area contributed by atoms with Crippen LogP contribution in [-0.2, 0) is 0 Å². The maximum atomic E-state index is 13.2. The van der Waals surface area contributed by atoms with Gasteiger partial charge < -0.3 is 10.1 Å². The Morgan fingerprint density at radius 3 is 2.52 bits per heavy atom. The lowest BCUT2D eigenvalue weighted by Gasteiger charge is -2.18. The van der Waals surface area contributed by atoms with E-state index < -0.39 is 0 Å². The van der Waals surface area contributed by atoms with Gasteiger partial charge in [-0.3, -0.25) is 9.78 Å². The van der Waals surface area contributed by atoms with Gasteiger partial charge in [-0.2, -0.15) is 0 Å². The Kier molecular flexibility index (Phi) is 5.20. The standard InChI is InChI=1S/C24H21N3O2/c1-16(17-9-4-6-13-23(17)29-2)26-24(28)19-15-22(21-12-7-8-14-25-21)27-20-11-5-3-10-18(19)20/h3-16H,1-2H3,(H,26,28). The van der Waals surface area contributed by atoms with Crippen LogP contribution >= 0.6 is 0 Å². The molecule has 29 heavy (non-hydrogen) atoms. The third-order valence-corrected chi connectivity index (χ3v) is 4.84. The number of hydrogen-bond donors (Lipinski definition) is 1.